The second-order valence-corrected chi connectivity index (χ2v) is 8.05. The topological polar surface area (TPSA) is 129 Å². The van der Waals surface area contributed by atoms with Gasteiger partial charge in [-0.2, -0.15) is 0 Å². The number of aryl methyl sites for hydroxylation is 1. The Labute approximate surface area is 184 Å². The van der Waals surface area contributed by atoms with Crippen molar-refractivity contribution in [3.8, 4) is 11.5 Å². The van der Waals surface area contributed by atoms with E-state index in [1.807, 2.05) is 19.1 Å². The lowest BCUT2D eigenvalue weighted by atomic mass is 9.77. The van der Waals surface area contributed by atoms with Crippen LogP contribution in [0.15, 0.2) is 60.4 Å². The van der Waals surface area contributed by atoms with Crippen LogP contribution in [0, 0.1) is 6.92 Å². The summed E-state index contributed by atoms with van der Waals surface area (Å²) in [7, 11) is 0. The maximum Gasteiger partial charge on any atom is 0.252 e. The highest BCUT2D eigenvalue weighted by Gasteiger charge is 2.50. The Morgan fingerprint density at radius 1 is 1.38 bits per heavy atom. The summed E-state index contributed by atoms with van der Waals surface area (Å²) in [4.78, 5) is 24.8. The van der Waals surface area contributed by atoms with Crippen molar-refractivity contribution < 1.29 is 19.4 Å². The zero-order chi connectivity index (χ0) is 22.6. The maximum atomic E-state index is 12.9. The summed E-state index contributed by atoms with van der Waals surface area (Å²) in [6.07, 6.45) is 1.20. The molecule has 3 aliphatic rings. The van der Waals surface area contributed by atoms with E-state index in [0.717, 1.165) is 11.1 Å². The van der Waals surface area contributed by atoms with Crippen molar-refractivity contribution in [3.05, 3.63) is 71.6 Å². The Balaban J connectivity index is 1.57. The maximum absolute atomic E-state index is 12.9. The smallest absolute Gasteiger partial charge is 0.252 e. The SMILES string of the molecule is C=CC(=O)Nc1cccc2c1OCC1NC(=O)C3=C(N)N(c4cc(O)ccc4C)NC3C21. The van der Waals surface area contributed by atoms with Crippen LogP contribution in [0.2, 0.25) is 0 Å². The van der Waals surface area contributed by atoms with Crippen molar-refractivity contribution in [1.82, 2.24) is 10.7 Å². The molecule has 0 saturated carbocycles. The van der Waals surface area contributed by atoms with E-state index in [2.05, 4.69) is 22.6 Å². The molecule has 3 atom stereocenters. The first-order chi connectivity index (χ1) is 15.4. The number of piperidine rings is 1. The van der Waals surface area contributed by atoms with Gasteiger partial charge in [0.2, 0.25) is 5.91 Å². The number of ether oxygens (including phenoxy) is 1. The number of anilines is 2. The van der Waals surface area contributed by atoms with Crippen LogP contribution in [-0.2, 0) is 9.59 Å². The van der Waals surface area contributed by atoms with Crippen LogP contribution in [0.25, 0.3) is 0 Å². The summed E-state index contributed by atoms with van der Waals surface area (Å²) in [5, 5.41) is 17.4. The Morgan fingerprint density at radius 2 is 2.19 bits per heavy atom. The third-order valence-electron chi connectivity index (χ3n) is 6.14. The molecule has 9 heteroatoms. The van der Waals surface area contributed by atoms with Gasteiger partial charge >= 0.3 is 0 Å². The molecule has 0 spiro atoms. The van der Waals surface area contributed by atoms with E-state index < -0.39 is 6.04 Å². The first kappa shape index (κ1) is 20.0. The Bertz CT molecular complexity index is 1190. The van der Waals surface area contributed by atoms with Crippen molar-refractivity contribution >= 4 is 23.2 Å². The summed E-state index contributed by atoms with van der Waals surface area (Å²) < 4.78 is 5.95. The molecule has 164 valence electrons. The first-order valence-corrected chi connectivity index (χ1v) is 10.2. The van der Waals surface area contributed by atoms with Crippen LogP contribution in [0.3, 0.4) is 0 Å². The molecule has 5 rings (SSSR count). The molecule has 0 bridgehead atoms. The van der Waals surface area contributed by atoms with Gasteiger partial charge in [-0.25, -0.2) is 5.43 Å². The third-order valence-corrected chi connectivity index (χ3v) is 6.14. The number of para-hydroxylation sites is 1. The summed E-state index contributed by atoms with van der Waals surface area (Å²) in [6, 6.07) is 9.81. The predicted octanol–water partition coefficient (Wildman–Crippen LogP) is 1.36. The zero-order valence-electron chi connectivity index (χ0n) is 17.4. The Kier molecular flexibility index (Phi) is 4.56. The normalized spacial score (nSPS) is 23.5. The number of nitrogens with two attached hydrogens (primary N) is 1. The number of phenolic OH excluding ortho intramolecular Hbond substituents is 1. The number of carbonyl (C=O) groups is 2. The van der Waals surface area contributed by atoms with Crippen LogP contribution in [0.1, 0.15) is 17.0 Å². The fourth-order valence-corrected chi connectivity index (χ4v) is 4.65. The molecular formula is C23H23N5O4. The van der Waals surface area contributed by atoms with Crippen LogP contribution >= 0.6 is 0 Å². The number of phenols is 1. The lowest BCUT2D eigenvalue weighted by Gasteiger charge is -2.42. The predicted molar refractivity (Wildman–Crippen MR) is 119 cm³/mol. The number of nitrogens with zero attached hydrogens (tertiary/aromatic N) is 1. The summed E-state index contributed by atoms with van der Waals surface area (Å²) in [5.74, 6) is 0.158. The minimum absolute atomic E-state index is 0.0985. The number of aromatic hydroxyl groups is 1. The third kappa shape index (κ3) is 2.97. The van der Waals surface area contributed by atoms with Crippen molar-refractivity contribution in [2.24, 2.45) is 5.73 Å². The number of amides is 2. The van der Waals surface area contributed by atoms with Crippen molar-refractivity contribution in [3.63, 3.8) is 0 Å². The van der Waals surface area contributed by atoms with E-state index in [9.17, 15) is 14.7 Å². The lowest BCUT2D eigenvalue weighted by Crippen LogP contribution is -2.58. The molecule has 3 unspecified atom stereocenters. The highest BCUT2D eigenvalue weighted by Crippen LogP contribution is 2.46. The molecule has 2 amide bonds. The number of hydrazine groups is 1. The largest absolute Gasteiger partial charge is 0.508 e. The number of benzene rings is 2. The molecule has 9 nitrogen and oxygen atoms in total. The number of carbonyl (C=O) groups excluding carboxylic acids is 2. The van der Waals surface area contributed by atoms with Gasteiger partial charge in [-0.05, 0) is 30.7 Å². The standard InChI is InChI=1S/C23H23N5O4/c1-3-17(30)25-14-6-4-5-13-18-15(10-32-21(13)14)26-23(31)19-20(18)27-28(22(19)24)16-9-12(29)8-7-11(16)2/h3-9,15,18,20,27,29H,1,10,24H2,2H3,(H,25,30)(H,26,31). The summed E-state index contributed by atoms with van der Waals surface area (Å²) in [5.41, 5.74) is 13.2. The highest BCUT2D eigenvalue weighted by molar-refractivity contribution is 6.01. The van der Waals surface area contributed by atoms with E-state index in [0.29, 0.717) is 22.7 Å². The van der Waals surface area contributed by atoms with E-state index in [-0.39, 0.29) is 42.0 Å². The first-order valence-electron chi connectivity index (χ1n) is 10.2. The van der Waals surface area contributed by atoms with Crippen molar-refractivity contribution in [2.45, 2.75) is 24.9 Å². The van der Waals surface area contributed by atoms with Gasteiger partial charge in [-0.1, -0.05) is 24.8 Å². The van der Waals surface area contributed by atoms with Crippen LogP contribution < -0.4 is 31.5 Å². The van der Waals surface area contributed by atoms with Gasteiger partial charge in [0.15, 0.2) is 0 Å². The fourth-order valence-electron chi connectivity index (χ4n) is 4.65. The second-order valence-electron chi connectivity index (χ2n) is 8.05. The van der Waals surface area contributed by atoms with E-state index in [1.165, 1.54) is 6.08 Å². The highest BCUT2D eigenvalue weighted by atomic mass is 16.5. The molecule has 0 aliphatic carbocycles. The van der Waals surface area contributed by atoms with Gasteiger partial charge in [-0.3, -0.25) is 14.6 Å². The molecule has 2 aromatic carbocycles. The van der Waals surface area contributed by atoms with Gasteiger partial charge in [-0.15, -0.1) is 0 Å². The molecule has 3 aliphatic heterocycles. The van der Waals surface area contributed by atoms with Crippen molar-refractivity contribution in [2.75, 3.05) is 16.9 Å². The van der Waals surface area contributed by atoms with Crippen molar-refractivity contribution in [1.29, 1.82) is 0 Å². The van der Waals surface area contributed by atoms with Gasteiger partial charge < -0.3 is 26.2 Å². The zero-order valence-corrected chi connectivity index (χ0v) is 17.4. The average molecular weight is 433 g/mol. The molecule has 32 heavy (non-hydrogen) atoms. The quantitative estimate of drug-likeness (QED) is 0.462. The number of fused-ring (bicyclic) bond motifs is 5. The van der Waals surface area contributed by atoms with E-state index in [4.69, 9.17) is 10.5 Å². The molecular weight excluding hydrogens is 410 g/mol. The van der Waals surface area contributed by atoms with Gasteiger partial charge in [0.1, 0.15) is 23.9 Å². The fraction of sp³-hybridized carbons (Fsp3) is 0.217. The summed E-state index contributed by atoms with van der Waals surface area (Å²) in [6.45, 7) is 5.64. The van der Waals surface area contributed by atoms with Crippen LogP contribution in [0.4, 0.5) is 11.4 Å². The Hall–Kier alpha value is -3.98. The summed E-state index contributed by atoms with van der Waals surface area (Å²) >= 11 is 0. The molecule has 6 N–H and O–H groups in total. The average Bonchev–Trinajstić information content (AvgIpc) is 3.12. The molecule has 2 aromatic rings. The van der Waals surface area contributed by atoms with Gasteiger partial charge in [0.05, 0.1) is 29.0 Å². The van der Waals surface area contributed by atoms with Crippen LogP contribution in [-0.4, -0.2) is 35.6 Å². The van der Waals surface area contributed by atoms with E-state index >= 15 is 0 Å². The van der Waals surface area contributed by atoms with Gasteiger partial charge in [0.25, 0.3) is 5.91 Å². The minimum atomic E-state index is -0.413. The van der Waals surface area contributed by atoms with E-state index in [1.54, 1.807) is 29.3 Å². The second kappa shape index (κ2) is 7.31. The number of hydrogen-bond acceptors (Lipinski definition) is 7. The molecule has 3 heterocycles. The lowest BCUT2D eigenvalue weighted by molar-refractivity contribution is -0.120. The molecule has 0 radical (unpaired) electrons. The Morgan fingerprint density at radius 3 is 2.97 bits per heavy atom. The molecule has 1 saturated heterocycles. The monoisotopic (exact) mass is 433 g/mol. The number of nitrogens with one attached hydrogen (secondary N) is 3. The molecule has 1 fully saturated rings. The van der Waals surface area contributed by atoms with Crippen LogP contribution in [0.5, 0.6) is 11.5 Å². The number of rotatable bonds is 3. The number of hydrogen-bond donors (Lipinski definition) is 5. The minimum Gasteiger partial charge on any atom is -0.508 e. The van der Waals surface area contributed by atoms with Gasteiger partial charge in [0, 0.05) is 17.5 Å². The molecule has 0 aromatic heterocycles.